The lowest BCUT2D eigenvalue weighted by molar-refractivity contribution is 0.0991. The van der Waals surface area contributed by atoms with Gasteiger partial charge in [-0.3, -0.25) is 4.79 Å². The Labute approximate surface area is 137 Å². The average molecular weight is 328 g/mol. The van der Waals surface area contributed by atoms with Crippen LogP contribution in [0.5, 0.6) is 0 Å². The zero-order valence-electron chi connectivity index (χ0n) is 13.5. The van der Waals surface area contributed by atoms with Crippen LogP contribution in [-0.2, 0) is 6.54 Å². The third kappa shape index (κ3) is 3.50. The minimum atomic E-state index is -0.455. The molecule has 0 aliphatic heterocycles. The molecule has 1 aromatic heterocycles. The number of alkyl halides is 1. The number of Topliss-reactive ketones (excluding diaryl/α,β-unsaturated/α-hetero) is 1. The number of carbonyl (C=O) groups is 1. The molecule has 21 heavy (non-hydrogen) atoms. The number of nitrogens with zero attached hydrogens (tertiary/aromatic N) is 1. The molecule has 1 atom stereocenters. The maximum absolute atomic E-state index is 12.2. The van der Waals surface area contributed by atoms with Gasteiger partial charge in [0.15, 0.2) is 5.78 Å². The highest BCUT2D eigenvalue weighted by Gasteiger charge is 2.33. The number of hydrogen-bond donors (Lipinski definition) is 0. The highest BCUT2D eigenvalue weighted by atomic mass is 35.5. The van der Waals surface area contributed by atoms with Crippen LogP contribution in [0.15, 0.2) is 6.07 Å². The molecule has 1 aromatic rings. The number of carbonyl (C=O) groups excluding carboxylic acids is 1. The monoisotopic (exact) mass is 327 g/mol. The van der Waals surface area contributed by atoms with Gasteiger partial charge in [0.25, 0.3) is 0 Å². The van der Waals surface area contributed by atoms with Gasteiger partial charge < -0.3 is 4.57 Å². The fourth-order valence-electron chi connectivity index (χ4n) is 3.42. The van der Waals surface area contributed by atoms with E-state index in [1.54, 1.807) is 6.92 Å². The molecular weight excluding hydrogens is 302 g/mol. The normalized spacial score (nSPS) is 19.5. The molecule has 0 N–H and O–H groups in total. The van der Waals surface area contributed by atoms with E-state index in [0.29, 0.717) is 4.75 Å². The van der Waals surface area contributed by atoms with E-state index in [-0.39, 0.29) is 5.78 Å². The van der Waals surface area contributed by atoms with E-state index in [0.717, 1.165) is 17.8 Å². The first-order valence-electron chi connectivity index (χ1n) is 7.80. The standard InChI is InChI=1S/C17H26ClNOS/c1-12-10-15(16(20)13(2)18)14(3)19(12)11-17(21-4)8-6-5-7-9-17/h10,13H,5-9,11H2,1-4H3. The topological polar surface area (TPSA) is 22.0 Å². The summed E-state index contributed by atoms with van der Waals surface area (Å²) in [5, 5.41) is -0.455. The molecule has 1 unspecified atom stereocenters. The first kappa shape index (κ1) is 17.0. The Morgan fingerprint density at radius 1 is 1.38 bits per heavy atom. The number of rotatable bonds is 5. The van der Waals surface area contributed by atoms with Gasteiger partial charge in [0.1, 0.15) is 0 Å². The summed E-state index contributed by atoms with van der Waals surface area (Å²) in [6.07, 6.45) is 8.79. The number of aromatic nitrogens is 1. The van der Waals surface area contributed by atoms with Crippen molar-refractivity contribution in [3.63, 3.8) is 0 Å². The molecule has 1 fully saturated rings. The summed E-state index contributed by atoms with van der Waals surface area (Å²) in [5.41, 5.74) is 3.04. The number of aryl methyl sites for hydroxylation is 1. The van der Waals surface area contributed by atoms with Crippen LogP contribution >= 0.6 is 23.4 Å². The predicted molar refractivity (Wildman–Crippen MR) is 92.9 cm³/mol. The largest absolute Gasteiger partial charge is 0.347 e. The van der Waals surface area contributed by atoms with Crippen LogP contribution in [0.3, 0.4) is 0 Å². The Morgan fingerprint density at radius 3 is 2.52 bits per heavy atom. The molecule has 1 aliphatic carbocycles. The van der Waals surface area contributed by atoms with E-state index in [1.807, 2.05) is 17.8 Å². The maximum Gasteiger partial charge on any atom is 0.182 e. The van der Waals surface area contributed by atoms with Gasteiger partial charge in [0.2, 0.25) is 0 Å². The van der Waals surface area contributed by atoms with Crippen molar-refractivity contribution in [2.24, 2.45) is 0 Å². The number of hydrogen-bond acceptors (Lipinski definition) is 2. The van der Waals surface area contributed by atoms with Gasteiger partial charge >= 0.3 is 0 Å². The summed E-state index contributed by atoms with van der Waals surface area (Å²) >= 11 is 7.98. The molecule has 2 nitrogen and oxygen atoms in total. The summed E-state index contributed by atoms with van der Waals surface area (Å²) < 4.78 is 2.66. The van der Waals surface area contributed by atoms with Gasteiger partial charge in [-0.1, -0.05) is 19.3 Å². The van der Waals surface area contributed by atoms with E-state index in [4.69, 9.17) is 11.6 Å². The molecule has 118 valence electrons. The van der Waals surface area contributed by atoms with Crippen molar-refractivity contribution >= 4 is 29.1 Å². The van der Waals surface area contributed by atoms with Crippen molar-refractivity contribution in [3.8, 4) is 0 Å². The van der Waals surface area contributed by atoms with E-state index >= 15 is 0 Å². The van der Waals surface area contributed by atoms with Crippen LogP contribution < -0.4 is 0 Å². The van der Waals surface area contributed by atoms with Crippen molar-refractivity contribution in [1.29, 1.82) is 0 Å². The molecule has 2 rings (SSSR count). The maximum atomic E-state index is 12.2. The Morgan fingerprint density at radius 2 is 2.00 bits per heavy atom. The predicted octanol–water partition coefficient (Wildman–Crippen LogP) is 4.98. The van der Waals surface area contributed by atoms with Crippen LogP contribution in [0.2, 0.25) is 0 Å². The second kappa shape index (κ2) is 6.78. The first-order valence-corrected chi connectivity index (χ1v) is 9.46. The van der Waals surface area contributed by atoms with E-state index in [9.17, 15) is 4.79 Å². The van der Waals surface area contributed by atoms with Crippen LogP contribution in [0.4, 0.5) is 0 Å². The third-order valence-electron chi connectivity index (χ3n) is 4.84. The molecule has 0 bridgehead atoms. The van der Waals surface area contributed by atoms with E-state index < -0.39 is 5.38 Å². The van der Waals surface area contributed by atoms with Crippen molar-refractivity contribution in [1.82, 2.24) is 4.57 Å². The third-order valence-corrected chi connectivity index (χ3v) is 6.45. The van der Waals surface area contributed by atoms with E-state index in [1.165, 1.54) is 37.8 Å². The lowest BCUT2D eigenvalue weighted by Gasteiger charge is -2.37. The molecule has 0 aromatic carbocycles. The molecule has 0 saturated heterocycles. The minimum Gasteiger partial charge on any atom is -0.347 e. The number of ketones is 1. The zero-order valence-corrected chi connectivity index (χ0v) is 15.1. The summed E-state index contributed by atoms with van der Waals surface area (Å²) in [6.45, 7) is 6.91. The van der Waals surface area contributed by atoms with Gasteiger partial charge in [-0.15, -0.1) is 11.6 Å². The summed E-state index contributed by atoms with van der Waals surface area (Å²) in [5.74, 6) is 0.0397. The minimum absolute atomic E-state index is 0.0397. The van der Waals surface area contributed by atoms with Crippen LogP contribution in [-0.4, -0.2) is 26.7 Å². The zero-order chi connectivity index (χ0) is 15.6. The fraction of sp³-hybridized carbons (Fsp3) is 0.706. The highest BCUT2D eigenvalue weighted by Crippen LogP contribution is 2.40. The van der Waals surface area contributed by atoms with Crippen LogP contribution in [0.1, 0.15) is 60.8 Å². The van der Waals surface area contributed by atoms with Crippen molar-refractivity contribution in [3.05, 3.63) is 23.0 Å². The summed E-state index contributed by atoms with van der Waals surface area (Å²) in [7, 11) is 0. The summed E-state index contributed by atoms with van der Waals surface area (Å²) in [6, 6.07) is 2.01. The quantitative estimate of drug-likeness (QED) is 0.562. The Hall–Kier alpha value is -0.410. The van der Waals surface area contributed by atoms with Crippen molar-refractivity contribution in [2.45, 2.75) is 69.5 Å². The first-order chi connectivity index (χ1) is 9.90. The molecule has 1 saturated carbocycles. The van der Waals surface area contributed by atoms with E-state index in [2.05, 4.69) is 24.7 Å². The van der Waals surface area contributed by atoms with Gasteiger partial charge in [0.05, 0.1) is 5.38 Å². The Bertz CT molecular complexity index is 515. The lowest BCUT2D eigenvalue weighted by Crippen LogP contribution is -2.33. The molecule has 4 heteroatoms. The van der Waals surface area contributed by atoms with Gasteiger partial charge in [-0.25, -0.2) is 0 Å². The molecule has 0 radical (unpaired) electrons. The molecule has 0 amide bonds. The fourth-order valence-corrected chi connectivity index (χ4v) is 4.49. The average Bonchev–Trinajstić information content (AvgIpc) is 2.75. The second-order valence-electron chi connectivity index (χ2n) is 6.30. The molecule has 1 aliphatic rings. The Kier molecular flexibility index (Phi) is 5.48. The van der Waals surface area contributed by atoms with Gasteiger partial charge in [-0.2, -0.15) is 11.8 Å². The molecular formula is C17H26ClNOS. The smallest absolute Gasteiger partial charge is 0.182 e. The SMILES string of the molecule is CSC1(Cn2c(C)cc(C(=O)C(C)Cl)c2C)CCCCC1. The van der Waals surface area contributed by atoms with Crippen LogP contribution in [0, 0.1) is 13.8 Å². The lowest BCUT2D eigenvalue weighted by atomic mass is 9.88. The molecule has 0 spiro atoms. The highest BCUT2D eigenvalue weighted by molar-refractivity contribution is 8.00. The molecule has 1 heterocycles. The number of halogens is 1. The van der Waals surface area contributed by atoms with Crippen molar-refractivity contribution in [2.75, 3.05) is 6.26 Å². The van der Waals surface area contributed by atoms with Crippen LogP contribution in [0.25, 0.3) is 0 Å². The van der Waals surface area contributed by atoms with Gasteiger partial charge in [-0.05, 0) is 45.9 Å². The van der Waals surface area contributed by atoms with Gasteiger partial charge in [0, 0.05) is 28.2 Å². The summed E-state index contributed by atoms with van der Waals surface area (Å²) in [4.78, 5) is 12.2. The number of thioether (sulfide) groups is 1. The second-order valence-corrected chi connectivity index (χ2v) is 8.23. The Balaban J connectivity index is 2.30. The van der Waals surface area contributed by atoms with Crippen molar-refractivity contribution < 1.29 is 4.79 Å².